The summed E-state index contributed by atoms with van der Waals surface area (Å²) in [5.74, 6) is -1.13. The smallest absolute Gasteiger partial charge is 0.309 e. The van der Waals surface area contributed by atoms with E-state index < -0.39 is 18.0 Å². The van der Waals surface area contributed by atoms with E-state index in [9.17, 15) is 14.4 Å². The average molecular weight is 1090 g/mol. The summed E-state index contributed by atoms with van der Waals surface area (Å²) in [5, 5.41) is 0. The van der Waals surface area contributed by atoms with E-state index in [-0.39, 0.29) is 32.0 Å². The van der Waals surface area contributed by atoms with Crippen molar-refractivity contribution >= 4 is 17.9 Å². The Labute approximate surface area is 486 Å². The van der Waals surface area contributed by atoms with E-state index in [1.165, 1.54) is 116 Å². The minimum Gasteiger partial charge on any atom is -0.462 e. The van der Waals surface area contributed by atoms with Gasteiger partial charge in [-0.05, 0) is 122 Å². The maximum absolute atomic E-state index is 12.9. The van der Waals surface area contributed by atoms with Crippen LogP contribution in [0.3, 0.4) is 0 Å². The Morgan fingerprint density at radius 3 is 0.924 bits per heavy atom. The topological polar surface area (TPSA) is 78.9 Å². The lowest BCUT2D eigenvalue weighted by molar-refractivity contribution is -0.166. The van der Waals surface area contributed by atoms with Crippen molar-refractivity contribution in [3.05, 3.63) is 158 Å². The second kappa shape index (κ2) is 65.5. The lowest BCUT2D eigenvalue weighted by atomic mass is 10.0. The minimum atomic E-state index is -0.856. The molecule has 444 valence electrons. The highest BCUT2D eigenvalue weighted by Crippen LogP contribution is 2.15. The molecule has 0 aromatic carbocycles. The van der Waals surface area contributed by atoms with Crippen LogP contribution in [0.5, 0.6) is 0 Å². The summed E-state index contributed by atoms with van der Waals surface area (Å²) in [5.41, 5.74) is 0. The Morgan fingerprint density at radius 2 is 0.557 bits per heavy atom. The van der Waals surface area contributed by atoms with Crippen LogP contribution in [0.15, 0.2) is 158 Å². The van der Waals surface area contributed by atoms with E-state index in [0.29, 0.717) is 12.8 Å². The molecule has 0 saturated heterocycles. The summed E-state index contributed by atoms with van der Waals surface area (Å²) in [6.07, 6.45) is 95.8. The van der Waals surface area contributed by atoms with Gasteiger partial charge < -0.3 is 14.2 Å². The molecule has 0 radical (unpaired) electrons. The first kappa shape index (κ1) is 74.0. The molecule has 0 saturated carbocycles. The lowest BCUT2D eigenvalue weighted by Gasteiger charge is -2.18. The Balaban J connectivity index is 4.42. The van der Waals surface area contributed by atoms with E-state index in [0.717, 1.165) is 103 Å². The third kappa shape index (κ3) is 63.7. The van der Waals surface area contributed by atoms with Crippen LogP contribution in [0, 0.1) is 0 Å². The van der Waals surface area contributed by atoms with Gasteiger partial charge in [0.2, 0.25) is 0 Å². The molecule has 0 aromatic rings. The Kier molecular flexibility index (Phi) is 61.4. The maximum Gasteiger partial charge on any atom is 0.309 e. The molecule has 0 aliphatic carbocycles. The molecule has 0 aliphatic heterocycles. The number of ether oxygens (including phenoxy) is 3. The van der Waals surface area contributed by atoms with Crippen LogP contribution in [0.2, 0.25) is 0 Å². The molecule has 0 heterocycles. The largest absolute Gasteiger partial charge is 0.462 e. The summed E-state index contributed by atoms with van der Waals surface area (Å²) < 4.78 is 16.7. The zero-order valence-electron chi connectivity index (χ0n) is 50.8. The molecule has 0 bridgehead atoms. The fourth-order valence-electron chi connectivity index (χ4n) is 8.32. The Morgan fingerprint density at radius 1 is 0.278 bits per heavy atom. The molecule has 6 nitrogen and oxygen atoms in total. The second-order valence-electron chi connectivity index (χ2n) is 20.6. The molecule has 6 heteroatoms. The highest BCUT2D eigenvalue weighted by molar-refractivity contribution is 5.72. The van der Waals surface area contributed by atoms with Crippen molar-refractivity contribution in [3.8, 4) is 0 Å². The first-order chi connectivity index (χ1) is 39.0. The van der Waals surface area contributed by atoms with Gasteiger partial charge in [0.05, 0.1) is 6.42 Å². The van der Waals surface area contributed by atoms with Crippen LogP contribution in [0.4, 0.5) is 0 Å². The number of rotatable bonds is 56. The molecular formula is C73H116O6. The summed E-state index contributed by atoms with van der Waals surface area (Å²) in [6, 6.07) is 0. The highest BCUT2D eigenvalue weighted by atomic mass is 16.6. The van der Waals surface area contributed by atoms with Crippen LogP contribution in [0.25, 0.3) is 0 Å². The number of carbonyl (C=O) groups excluding carboxylic acids is 3. The summed E-state index contributed by atoms with van der Waals surface area (Å²) in [7, 11) is 0. The number of esters is 3. The maximum atomic E-state index is 12.9. The summed E-state index contributed by atoms with van der Waals surface area (Å²) in [6.45, 7) is 6.26. The first-order valence-electron chi connectivity index (χ1n) is 32.0. The average Bonchev–Trinajstić information content (AvgIpc) is 3.45. The van der Waals surface area contributed by atoms with Gasteiger partial charge in [-0.15, -0.1) is 0 Å². The zero-order valence-corrected chi connectivity index (χ0v) is 50.8. The van der Waals surface area contributed by atoms with E-state index >= 15 is 0 Å². The molecule has 0 aliphatic rings. The fraction of sp³-hybridized carbons (Fsp3) is 0.603. The van der Waals surface area contributed by atoms with Crippen LogP contribution in [0.1, 0.15) is 265 Å². The number of hydrogen-bond acceptors (Lipinski definition) is 6. The van der Waals surface area contributed by atoms with Crippen molar-refractivity contribution in [1.82, 2.24) is 0 Å². The van der Waals surface area contributed by atoms with Crippen molar-refractivity contribution in [2.24, 2.45) is 0 Å². The number of carbonyl (C=O) groups is 3. The molecule has 0 amide bonds. The van der Waals surface area contributed by atoms with Gasteiger partial charge in [0, 0.05) is 12.8 Å². The van der Waals surface area contributed by atoms with Crippen molar-refractivity contribution in [3.63, 3.8) is 0 Å². The van der Waals surface area contributed by atoms with E-state index in [2.05, 4.69) is 167 Å². The number of hydrogen-bond donors (Lipinski definition) is 0. The summed E-state index contributed by atoms with van der Waals surface area (Å²) >= 11 is 0. The van der Waals surface area contributed by atoms with Crippen molar-refractivity contribution in [2.75, 3.05) is 13.2 Å². The van der Waals surface area contributed by atoms with Crippen LogP contribution >= 0.6 is 0 Å². The standard InChI is InChI=1S/C73H116O6/c1-4-7-10-13-16-19-22-25-28-30-31-32-33-34-35-36-37-38-39-40-41-43-45-48-51-54-57-60-63-66-72(75)78-69-70(68-77-71(74)65-62-59-56-53-50-47-44-27-24-21-18-15-12-9-6-3)79-73(76)67-64-61-58-55-52-49-46-42-29-26-23-20-17-14-11-8-5-2/h8-9,11-12,17-18,20-22,25-27,29-31,33-34,44,46,49-50,53,55,58-59,62,70H,4-7,10,13-16,19,23-24,28,32,35-43,45,47-48,51-52,54,56-57,60-61,63-69H2,1-3H3/b11-8-,12-9-,20-17-,21-18-,25-22-,29-26-,31-30-,34-33-,44-27-,49-46-,53-50-,58-55-,62-59-. The quantitative estimate of drug-likeness (QED) is 0.0261. The summed E-state index contributed by atoms with van der Waals surface area (Å²) in [4.78, 5) is 38.2. The molecule has 0 N–H and O–H groups in total. The van der Waals surface area contributed by atoms with E-state index in [1.54, 1.807) is 6.08 Å². The van der Waals surface area contributed by atoms with Crippen LogP contribution < -0.4 is 0 Å². The molecule has 0 aromatic heterocycles. The van der Waals surface area contributed by atoms with Crippen LogP contribution in [-0.4, -0.2) is 37.2 Å². The molecule has 79 heavy (non-hydrogen) atoms. The highest BCUT2D eigenvalue weighted by Gasteiger charge is 2.19. The van der Waals surface area contributed by atoms with Gasteiger partial charge in [0.15, 0.2) is 6.10 Å². The van der Waals surface area contributed by atoms with Gasteiger partial charge in [-0.1, -0.05) is 281 Å². The van der Waals surface area contributed by atoms with Gasteiger partial charge >= 0.3 is 17.9 Å². The Bertz CT molecular complexity index is 1780. The van der Waals surface area contributed by atoms with Crippen LogP contribution in [-0.2, 0) is 28.6 Å². The van der Waals surface area contributed by atoms with Gasteiger partial charge in [0.1, 0.15) is 13.2 Å². The Hall–Kier alpha value is -4.97. The number of allylic oxidation sites excluding steroid dienone is 25. The van der Waals surface area contributed by atoms with Crippen molar-refractivity contribution in [1.29, 1.82) is 0 Å². The molecule has 0 fully saturated rings. The third-order valence-electron chi connectivity index (χ3n) is 13.0. The third-order valence-corrected chi connectivity index (χ3v) is 13.0. The van der Waals surface area contributed by atoms with Gasteiger partial charge in [-0.25, -0.2) is 0 Å². The molecule has 0 rings (SSSR count). The molecule has 1 unspecified atom stereocenters. The normalized spacial score (nSPS) is 13.2. The molecule has 1 atom stereocenters. The van der Waals surface area contributed by atoms with E-state index in [4.69, 9.17) is 14.2 Å². The minimum absolute atomic E-state index is 0.108. The van der Waals surface area contributed by atoms with Crippen molar-refractivity contribution in [2.45, 2.75) is 271 Å². The van der Waals surface area contributed by atoms with Crippen molar-refractivity contribution < 1.29 is 28.6 Å². The van der Waals surface area contributed by atoms with Gasteiger partial charge in [-0.3, -0.25) is 14.4 Å². The first-order valence-corrected chi connectivity index (χ1v) is 32.0. The van der Waals surface area contributed by atoms with E-state index in [1.807, 2.05) is 6.08 Å². The SMILES string of the molecule is CC/C=C\C/C=C\C/C=C\C/C=C\C/C=C\CCCC(=O)OC(COC(=O)C/C=C\C/C=C\C/C=C\C/C=C\C/C=C\CC)COC(=O)CCCCCCCCCCCCCCCC/C=C\C/C=C\C/C=C\CCCCCCC. The number of unbranched alkanes of at least 4 members (excludes halogenated alkanes) is 20. The molecular weight excluding hydrogens is 973 g/mol. The monoisotopic (exact) mass is 1090 g/mol. The second-order valence-corrected chi connectivity index (χ2v) is 20.6. The predicted octanol–water partition coefficient (Wildman–Crippen LogP) is 22.1. The lowest BCUT2D eigenvalue weighted by Crippen LogP contribution is -2.30. The molecule has 0 spiro atoms. The predicted molar refractivity (Wildman–Crippen MR) is 343 cm³/mol. The zero-order chi connectivity index (χ0) is 57.1. The fourth-order valence-corrected chi connectivity index (χ4v) is 8.32. The van der Waals surface area contributed by atoms with Gasteiger partial charge in [0.25, 0.3) is 0 Å². The van der Waals surface area contributed by atoms with Gasteiger partial charge in [-0.2, -0.15) is 0 Å².